The number of anilines is 1. The molecular formula is C39H47F3N6O9S. The van der Waals surface area contributed by atoms with Gasteiger partial charge in [0.15, 0.2) is 0 Å². The van der Waals surface area contributed by atoms with E-state index < -0.39 is 87.1 Å². The lowest BCUT2D eigenvalue weighted by molar-refractivity contribution is -0.141. The first-order valence-corrected chi connectivity index (χ1v) is 20.5. The third-order valence-corrected chi connectivity index (χ3v) is 11.4. The Labute approximate surface area is 334 Å². The Bertz CT molecular complexity index is 2030. The SMILES string of the molecule is CC(C)(C)OC(=O)N[C@H]1CCCCC/C=C\[C@@H]2C[C@@]2(C(=O)NS(=O)(=O)Nc2ccc(C(F)(F)F)cc2)NC(=O)[C@@H]2C[C@@H](OC(=O)N3Cc4ccccc4C3)CN2C1=O. The van der Waals surface area contributed by atoms with Crippen molar-refractivity contribution in [3.8, 4) is 0 Å². The maximum Gasteiger partial charge on any atom is 0.416 e. The molecule has 4 aliphatic rings. The minimum absolute atomic E-state index is 0.00566. The molecule has 0 radical (unpaired) electrons. The summed E-state index contributed by atoms with van der Waals surface area (Å²) in [6.45, 7) is 5.40. The second-order valence-corrected chi connectivity index (χ2v) is 17.4. The van der Waals surface area contributed by atoms with Gasteiger partial charge in [-0.15, -0.1) is 0 Å². The zero-order valence-corrected chi connectivity index (χ0v) is 33.1. The number of ether oxygens (including phenoxy) is 2. The number of carbonyl (C=O) groups excluding carboxylic acids is 5. The zero-order chi connectivity index (χ0) is 42.0. The third-order valence-electron chi connectivity index (χ3n) is 10.4. The predicted octanol–water partition coefficient (Wildman–Crippen LogP) is 4.89. The monoisotopic (exact) mass is 832 g/mol. The van der Waals surface area contributed by atoms with Crippen molar-refractivity contribution in [2.75, 3.05) is 11.3 Å². The Hall–Kier alpha value is -5.33. The molecule has 314 valence electrons. The van der Waals surface area contributed by atoms with Crippen molar-refractivity contribution in [2.24, 2.45) is 5.92 Å². The number of hydrogen-bond donors (Lipinski definition) is 4. The molecule has 3 aliphatic heterocycles. The highest BCUT2D eigenvalue weighted by atomic mass is 32.2. The Kier molecular flexibility index (Phi) is 12.0. The van der Waals surface area contributed by atoms with Crippen LogP contribution in [-0.4, -0.2) is 84.0 Å². The molecular weight excluding hydrogens is 786 g/mol. The molecule has 15 nitrogen and oxygen atoms in total. The average molecular weight is 833 g/mol. The van der Waals surface area contributed by atoms with Crippen molar-refractivity contribution in [2.45, 2.75) is 114 Å². The molecule has 1 saturated heterocycles. The van der Waals surface area contributed by atoms with E-state index in [-0.39, 0.29) is 31.5 Å². The largest absolute Gasteiger partial charge is 0.444 e. The first-order valence-electron chi connectivity index (χ1n) is 19.1. The summed E-state index contributed by atoms with van der Waals surface area (Å²) in [5, 5.41) is 5.34. The molecule has 5 amide bonds. The molecule has 0 bridgehead atoms. The summed E-state index contributed by atoms with van der Waals surface area (Å²) in [6.07, 6.45) is -1.13. The Morgan fingerprint density at radius 3 is 2.26 bits per heavy atom. The van der Waals surface area contributed by atoms with Gasteiger partial charge < -0.3 is 25.0 Å². The second-order valence-electron chi connectivity index (χ2n) is 16.0. The van der Waals surface area contributed by atoms with Crippen LogP contribution in [-0.2, 0) is 53.3 Å². The Morgan fingerprint density at radius 1 is 0.948 bits per heavy atom. The maximum atomic E-state index is 14.4. The van der Waals surface area contributed by atoms with Gasteiger partial charge in [-0.05, 0) is 81.8 Å². The number of alkyl carbamates (subject to hydrolysis) is 1. The molecule has 58 heavy (non-hydrogen) atoms. The smallest absolute Gasteiger partial charge is 0.416 e. The van der Waals surface area contributed by atoms with E-state index in [1.807, 2.05) is 39.8 Å². The molecule has 2 aromatic rings. The van der Waals surface area contributed by atoms with Crippen molar-refractivity contribution in [3.05, 3.63) is 77.4 Å². The van der Waals surface area contributed by atoms with Gasteiger partial charge >= 0.3 is 28.6 Å². The molecule has 0 unspecified atom stereocenters. The van der Waals surface area contributed by atoms with Gasteiger partial charge in [-0.1, -0.05) is 49.3 Å². The van der Waals surface area contributed by atoms with Gasteiger partial charge in [-0.25, -0.2) is 14.3 Å². The summed E-state index contributed by atoms with van der Waals surface area (Å²) in [6, 6.07) is 8.22. The molecule has 1 aliphatic carbocycles. The lowest BCUT2D eigenvalue weighted by atomic mass is 10.0. The lowest BCUT2D eigenvalue weighted by Crippen LogP contribution is -2.58. The van der Waals surface area contributed by atoms with Crippen molar-refractivity contribution < 1.29 is 55.0 Å². The fourth-order valence-electron chi connectivity index (χ4n) is 7.42. The first-order chi connectivity index (χ1) is 27.2. The topological polar surface area (TPSA) is 193 Å². The number of nitrogens with zero attached hydrogens (tertiary/aromatic N) is 2. The molecule has 1 saturated carbocycles. The van der Waals surface area contributed by atoms with Crippen molar-refractivity contribution in [3.63, 3.8) is 0 Å². The number of fused-ring (bicyclic) bond motifs is 3. The van der Waals surface area contributed by atoms with Crippen molar-refractivity contribution in [1.29, 1.82) is 0 Å². The van der Waals surface area contributed by atoms with E-state index in [0.29, 0.717) is 50.9 Å². The molecule has 2 fully saturated rings. The number of nitrogens with one attached hydrogen (secondary N) is 4. The number of rotatable bonds is 6. The van der Waals surface area contributed by atoms with Crippen molar-refractivity contribution in [1.82, 2.24) is 25.2 Å². The predicted molar refractivity (Wildman–Crippen MR) is 203 cm³/mol. The van der Waals surface area contributed by atoms with Crippen LogP contribution in [0, 0.1) is 5.92 Å². The van der Waals surface area contributed by atoms with Crippen LogP contribution in [0.25, 0.3) is 0 Å². The van der Waals surface area contributed by atoms with Gasteiger partial charge in [0.25, 0.3) is 5.91 Å². The molecule has 19 heteroatoms. The second kappa shape index (κ2) is 16.5. The Balaban J connectivity index is 1.24. The van der Waals surface area contributed by atoms with Crippen LogP contribution < -0.4 is 20.1 Å². The fourth-order valence-corrected chi connectivity index (χ4v) is 8.34. The van der Waals surface area contributed by atoms with Gasteiger partial charge in [0.2, 0.25) is 11.8 Å². The standard InChI is InChI=1S/C39H47F3N6O9S/c1-37(2,3)57-35(52)43-30-14-8-6-4-5-7-13-27-20-38(27,34(51)46-58(54,55)45-28-17-15-26(16-18-28)39(40,41)42)44-32(49)31-19-29(23-48(31)33(30)50)56-36(53)47-21-24-11-9-10-12-25(24)22-47/h7,9-13,15-18,27,29-31,45H,4-6,8,14,19-23H2,1-3H3,(H,43,52)(H,44,49)(H,46,51)/b13-7-/t27-,29-,30+,31+,38-/m1/s1. The van der Waals surface area contributed by atoms with Crippen LogP contribution in [0.5, 0.6) is 0 Å². The van der Waals surface area contributed by atoms with Crippen molar-refractivity contribution >= 4 is 45.8 Å². The highest BCUT2D eigenvalue weighted by Gasteiger charge is 2.62. The number of carbonyl (C=O) groups is 5. The molecule has 0 spiro atoms. The van der Waals surface area contributed by atoms with Crippen LogP contribution in [0.3, 0.4) is 0 Å². The maximum absolute atomic E-state index is 14.4. The van der Waals surface area contributed by atoms with Crippen LogP contribution >= 0.6 is 0 Å². The highest BCUT2D eigenvalue weighted by molar-refractivity contribution is 7.91. The number of hydrogen-bond acceptors (Lipinski definition) is 9. The summed E-state index contributed by atoms with van der Waals surface area (Å²) in [5.41, 5.74) is -2.01. The average Bonchev–Trinajstić information content (AvgIpc) is 3.43. The van der Waals surface area contributed by atoms with E-state index in [0.717, 1.165) is 23.3 Å². The van der Waals surface area contributed by atoms with Gasteiger partial charge in [-0.2, -0.15) is 21.6 Å². The van der Waals surface area contributed by atoms with Gasteiger partial charge in [0, 0.05) is 25.4 Å². The van der Waals surface area contributed by atoms with Crippen LogP contribution in [0.15, 0.2) is 60.7 Å². The molecule has 2 aromatic carbocycles. The van der Waals surface area contributed by atoms with Crippen LogP contribution in [0.2, 0.25) is 0 Å². The molecule has 4 N–H and O–H groups in total. The number of halogens is 3. The number of alkyl halides is 3. The molecule has 3 heterocycles. The summed E-state index contributed by atoms with van der Waals surface area (Å²) < 4.78 is 80.6. The highest BCUT2D eigenvalue weighted by Crippen LogP contribution is 2.46. The fraction of sp³-hybridized carbons (Fsp3) is 0.513. The van der Waals surface area contributed by atoms with Crippen LogP contribution in [0.4, 0.5) is 28.4 Å². The molecule has 5 atom stereocenters. The summed E-state index contributed by atoms with van der Waals surface area (Å²) in [7, 11) is -4.72. The Morgan fingerprint density at radius 2 is 1.62 bits per heavy atom. The number of benzene rings is 2. The van der Waals surface area contributed by atoms with E-state index in [1.165, 1.54) is 9.80 Å². The van der Waals surface area contributed by atoms with E-state index in [1.54, 1.807) is 26.8 Å². The van der Waals surface area contributed by atoms with Gasteiger partial charge in [-0.3, -0.25) is 24.0 Å². The van der Waals surface area contributed by atoms with E-state index in [9.17, 15) is 45.6 Å². The quantitative estimate of drug-likeness (QED) is 0.294. The van der Waals surface area contributed by atoms with Crippen LogP contribution in [0.1, 0.15) is 82.4 Å². The zero-order valence-electron chi connectivity index (χ0n) is 32.3. The first kappa shape index (κ1) is 42.3. The summed E-state index contributed by atoms with van der Waals surface area (Å²) in [5.74, 6) is -3.23. The van der Waals surface area contributed by atoms with E-state index >= 15 is 0 Å². The third kappa shape index (κ3) is 10.2. The number of allylic oxidation sites excluding steroid dienone is 1. The molecule has 6 rings (SSSR count). The van der Waals surface area contributed by atoms with E-state index in [4.69, 9.17) is 9.47 Å². The lowest BCUT2D eigenvalue weighted by Gasteiger charge is -2.30. The number of amides is 5. The normalized spacial score (nSPS) is 25.8. The van der Waals surface area contributed by atoms with Gasteiger partial charge in [0.05, 0.1) is 17.8 Å². The minimum atomic E-state index is -4.72. The van der Waals surface area contributed by atoms with Gasteiger partial charge in [0.1, 0.15) is 29.3 Å². The minimum Gasteiger partial charge on any atom is -0.444 e. The summed E-state index contributed by atoms with van der Waals surface area (Å²) >= 11 is 0. The van der Waals surface area contributed by atoms with E-state index in [2.05, 4.69) is 10.6 Å². The molecule has 0 aromatic heterocycles. The summed E-state index contributed by atoms with van der Waals surface area (Å²) in [4.78, 5) is 71.6.